The fraction of sp³-hybridized carbons (Fsp3) is 0.520. The van der Waals surface area contributed by atoms with Crippen molar-refractivity contribution in [1.29, 1.82) is 5.26 Å². The van der Waals surface area contributed by atoms with Gasteiger partial charge in [0.25, 0.3) is 5.56 Å². The molecule has 6 nitrogen and oxygen atoms in total. The van der Waals surface area contributed by atoms with Crippen LogP contribution in [0.1, 0.15) is 69.9 Å². The van der Waals surface area contributed by atoms with E-state index in [2.05, 4.69) is 39.9 Å². The number of fused-ring (bicyclic) bond motifs is 1. The maximum Gasteiger partial charge on any atom is 0.251 e. The molecule has 172 valence electrons. The molecule has 3 rings (SSSR count). The Labute approximate surface area is 192 Å². The van der Waals surface area contributed by atoms with E-state index >= 15 is 0 Å². The highest BCUT2D eigenvalue weighted by Crippen LogP contribution is 2.42. The van der Waals surface area contributed by atoms with Crippen LogP contribution in [0.3, 0.4) is 0 Å². The van der Waals surface area contributed by atoms with Gasteiger partial charge >= 0.3 is 0 Å². The van der Waals surface area contributed by atoms with Gasteiger partial charge < -0.3 is 18.8 Å². The van der Waals surface area contributed by atoms with E-state index in [9.17, 15) is 15.2 Å². The van der Waals surface area contributed by atoms with E-state index in [0.29, 0.717) is 16.9 Å². The first-order valence-electron chi connectivity index (χ1n) is 11.1. The standard InChI is InChI=1S/C25H34N2O4Si/c1-24(2,3)14-20(31-32(6)7)17-10-11-27(21(28)13-17)22-18-12-16(15-26)8-9-19(18)30-25(4,5)23(22)29/h8-13,20,22-23,29,32H,14H2,1-7H3/t20?,22-,23+/m0/s1. The maximum atomic E-state index is 13.3. The van der Waals surface area contributed by atoms with Crippen LogP contribution in [0.2, 0.25) is 13.1 Å². The first kappa shape index (κ1) is 24.2. The fourth-order valence-electron chi connectivity index (χ4n) is 4.20. The first-order valence-corrected chi connectivity index (χ1v) is 13.9. The van der Waals surface area contributed by atoms with Gasteiger partial charge in [-0.3, -0.25) is 4.79 Å². The Morgan fingerprint density at radius 2 is 1.97 bits per heavy atom. The molecule has 0 saturated heterocycles. The first-order chi connectivity index (χ1) is 14.8. The third-order valence-electron chi connectivity index (χ3n) is 5.72. The van der Waals surface area contributed by atoms with E-state index in [0.717, 1.165) is 12.0 Å². The van der Waals surface area contributed by atoms with Crippen LogP contribution in [0.25, 0.3) is 0 Å². The maximum absolute atomic E-state index is 13.3. The van der Waals surface area contributed by atoms with Gasteiger partial charge in [-0.15, -0.1) is 0 Å². The molecule has 0 aliphatic carbocycles. The van der Waals surface area contributed by atoms with E-state index in [1.165, 1.54) is 0 Å². The molecule has 3 atom stereocenters. The van der Waals surface area contributed by atoms with Crippen LogP contribution in [0.5, 0.6) is 5.75 Å². The number of ether oxygens (including phenoxy) is 1. The van der Waals surface area contributed by atoms with Crippen LogP contribution in [-0.4, -0.2) is 30.4 Å². The normalized spacial score (nSPS) is 20.9. The zero-order valence-electron chi connectivity index (χ0n) is 20.0. The monoisotopic (exact) mass is 454 g/mol. The summed E-state index contributed by atoms with van der Waals surface area (Å²) in [6, 6.07) is 10.1. The number of aliphatic hydroxyl groups is 1. The summed E-state index contributed by atoms with van der Waals surface area (Å²) in [7, 11) is -1.32. The van der Waals surface area contributed by atoms with Crippen molar-refractivity contribution in [3.05, 3.63) is 63.6 Å². The summed E-state index contributed by atoms with van der Waals surface area (Å²) in [5, 5.41) is 20.5. The number of aromatic nitrogens is 1. The summed E-state index contributed by atoms with van der Waals surface area (Å²) in [6.45, 7) is 14.3. The highest BCUT2D eigenvalue weighted by Gasteiger charge is 2.44. The minimum Gasteiger partial charge on any atom is -0.485 e. The second-order valence-corrected chi connectivity index (χ2v) is 13.0. The third kappa shape index (κ3) is 5.15. The Bertz CT molecular complexity index is 1080. The van der Waals surface area contributed by atoms with Gasteiger partial charge in [-0.25, -0.2) is 0 Å². The minimum absolute atomic E-state index is 0.0520. The molecule has 0 radical (unpaired) electrons. The summed E-state index contributed by atoms with van der Waals surface area (Å²) < 4.78 is 13.8. The van der Waals surface area contributed by atoms with Crippen molar-refractivity contribution in [2.45, 2.75) is 78.0 Å². The molecule has 0 saturated carbocycles. The number of rotatable bonds is 5. The lowest BCUT2D eigenvalue weighted by atomic mass is 9.85. The van der Waals surface area contributed by atoms with Gasteiger partial charge in [-0.2, -0.15) is 5.26 Å². The molecule has 1 aliphatic rings. The van der Waals surface area contributed by atoms with Gasteiger partial charge in [0.1, 0.15) is 17.5 Å². The molecular formula is C25H34N2O4Si. The SMILES string of the molecule is C[SiH](C)OC(CC(C)(C)C)c1ccn([C@H]2c3cc(C#N)ccc3OC(C)(C)[C@@H]2O)c(=O)c1. The fourth-order valence-corrected chi connectivity index (χ4v) is 5.11. The number of pyridine rings is 1. The highest BCUT2D eigenvalue weighted by molar-refractivity contribution is 6.48. The number of hydrogen-bond acceptors (Lipinski definition) is 5. The lowest BCUT2D eigenvalue weighted by Crippen LogP contribution is -2.52. The van der Waals surface area contributed by atoms with E-state index in [1.807, 2.05) is 6.07 Å². The minimum atomic E-state index is -1.32. The molecule has 1 unspecified atom stereocenters. The molecule has 7 heteroatoms. The van der Waals surface area contributed by atoms with Crippen LogP contribution >= 0.6 is 0 Å². The molecule has 0 amide bonds. The van der Waals surface area contributed by atoms with Crippen LogP contribution < -0.4 is 10.3 Å². The zero-order valence-corrected chi connectivity index (χ0v) is 21.2. The van der Waals surface area contributed by atoms with Crippen molar-refractivity contribution < 1.29 is 14.3 Å². The Balaban J connectivity index is 2.08. The Morgan fingerprint density at radius 3 is 2.53 bits per heavy atom. The van der Waals surface area contributed by atoms with Gasteiger partial charge in [-0.1, -0.05) is 20.8 Å². The van der Waals surface area contributed by atoms with E-state index in [4.69, 9.17) is 9.16 Å². The third-order valence-corrected chi connectivity index (χ3v) is 6.59. The summed E-state index contributed by atoms with van der Waals surface area (Å²) in [4.78, 5) is 13.3. The molecule has 0 spiro atoms. The average molecular weight is 455 g/mol. The number of aliphatic hydroxyl groups excluding tert-OH is 1. The Kier molecular flexibility index (Phi) is 6.71. The second-order valence-electron chi connectivity index (χ2n) is 10.6. The molecule has 2 heterocycles. The van der Waals surface area contributed by atoms with E-state index < -0.39 is 26.8 Å². The van der Waals surface area contributed by atoms with Gasteiger partial charge in [0.2, 0.25) is 0 Å². The molecule has 32 heavy (non-hydrogen) atoms. The lowest BCUT2D eigenvalue weighted by molar-refractivity contribution is -0.0643. The highest BCUT2D eigenvalue weighted by atomic mass is 28.3. The van der Waals surface area contributed by atoms with Crippen LogP contribution in [0, 0.1) is 16.7 Å². The average Bonchev–Trinajstić information content (AvgIpc) is 2.67. The molecule has 0 fully saturated rings. The number of benzene rings is 1. The van der Waals surface area contributed by atoms with Crippen molar-refractivity contribution in [2.75, 3.05) is 0 Å². The van der Waals surface area contributed by atoms with Crippen molar-refractivity contribution in [3.63, 3.8) is 0 Å². The van der Waals surface area contributed by atoms with Crippen molar-refractivity contribution in [2.24, 2.45) is 5.41 Å². The molecule has 1 N–H and O–H groups in total. The number of nitrogens with zero attached hydrogens (tertiary/aromatic N) is 2. The zero-order chi connectivity index (χ0) is 23.8. The predicted octanol–water partition coefficient (Wildman–Crippen LogP) is 4.32. The summed E-state index contributed by atoms with van der Waals surface area (Å²) in [5.41, 5.74) is 0.874. The van der Waals surface area contributed by atoms with Crippen LogP contribution in [-0.2, 0) is 4.43 Å². The second kappa shape index (κ2) is 8.85. The molecule has 0 bridgehead atoms. The van der Waals surface area contributed by atoms with E-state index in [1.54, 1.807) is 48.9 Å². The predicted molar refractivity (Wildman–Crippen MR) is 127 cm³/mol. The van der Waals surface area contributed by atoms with Gasteiger partial charge in [0.05, 0.1) is 23.8 Å². The summed E-state index contributed by atoms with van der Waals surface area (Å²) in [5.74, 6) is 0.569. The Morgan fingerprint density at radius 1 is 1.28 bits per heavy atom. The van der Waals surface area contributed by atoms with Crippen molar-refractivity contribution in [1.82, 2.24) is 4.57 Å². The Hall–Kier alpha value is -2.40. The quantitative estimate of drug-likeness (QED) is 0.680. The van der Waals surface area contributed by atoms with Crippen molar-refractivity contribution >= 4 is 9.04 Å². The van der Waals surface area contributed by atoms with Gasteiger partial charge in [0, 0.05) is 17.8 Å². The largest absolute Gasteiger partial charge is 0.485 e. The number of hydrogen-bond donors (Lipinski definition) is 1. The van der Waals surface area contributed by atoms with Crippen LogP contribution in [0.15, 0.2) is 41.3 Å². The summed E-state index contributed by atoms with van der Waals surface area (Å²) >= 11 is 0. The molecule has 1 aliphatic heterocycles. The van der Waals surface area contributed by atoms with Gasteiger partial charge in [0.15, 0.2) is 9.04 Å². The van der Waals surface area contributed by atoms with Crippen LogP contribution in [0.4, 0.5) is 0 Å². The van der Waals surface area contributed by atoms with Crippen molar-refractivity contribution in [3.8, 4) is 11.8 Å². The van der Waals surface area contributed by atoms with Gasteiger partial charge in [-0.05, 0) is 68.6 Å². The summed E-state index contributed by atoms with van der Waals surface area (Å²) in [6.07, 6.45) is 1.43. The van der Waals surface area contributed by atoms with E-state index in [-0.39, 0.29) is 17.1 Å². The topological polar surface area (TPSA) is 84.5 Å². The molecule has 1 aromatic heterocycles. The molecule has 2 aromatic rings. The molecule has 1 aromatic carbocycles. The molecular weight excluding hydrogens is 420 g/mol. The number of nitriles is 1. The lowest BCUT2D eigenvalue weighted by Gasteiger charge is -2.42. The smallest absolute Gasteiger partial charge is 0.251 e.